The number of aromatic nitrogens is 4. The van der Waals surface area contributed by atoms with Crippen LogP contribution in [0.3, 0.4) is 0 Å². The quantitative estimate of drug-likeness (QED) is 0.893. The van der Waals surface area contributed by atoms with Crippen molar-refractivity contribution in [3.8, 4) is 0 Å². The minimum absolute atomic E-state index is 0.647. The van der Waals surface area contributed by atoms with E-state index in [1.54, 1.807) is 6.20 Å². The average molecular weight is 257 g/mol. The van der Waals surface area contributed by atoms with Crippen LogP contribution in [0.5, 0.6) is 0 Å². The van der Waals surface area contributed by atoms with Gasteiger partial charge in [-0.05, 0) is 31.9 Å². The largest absolute Gasteiger partial charge is 0.352 e. The summed E-state index contributed by atoms with van der Waals surface area (Å²) in [6.45, 7) is 3.64. The van der Waals surface area contributed by atoms with Gasteiger partial charge in [-0.1, -0.05) is 6.42 Å². The Bertz CT molecular complexity index is 531. The SMILES string of the molecule is Cc1cc(C2CCC2)nc(NCCn2cccn2)n1. The zero-order valence-corrected chi connectivity index (χ0v) is 11.2. The molecule has 0 aliphatic heterocycles. The molecular formula is C14H19N5. The van der Waals surface area contributed by atoms with Crippen LogP contribution in [0.4, 0.5) is 5.95 Å². The van der Waals surface area contributed by atoms with E-state index in [4.69, 9.17) is 0 Å². The van der Waals surface area contributed by atoms with E-state index in [0.29, 0.717) is 5.92 Å². The molecule has 1 saturated carbocycles. The molecule has 2 aromatic rings. The lowest BCUT2D eigenvalue weighted by Gasteiger charge is -2.25. The van der Waals surface area contributed by atoms with E-state index in [2.05, 4.69) is 26.4 Å². The van der Waals surface area contributed by atoms with Gasteiger partial charge in [0, 0.05) is 36.2 Å². The van der Waals surface area contributed by atoms with Gasteiger partial charge in [-0.25, -0.2) is 9.97 Å². The highest BCUT2D eigenvalue weighted by Gasteiger charge is 2.21. The molecule has 0 aromatic carbocycles. The molecule has 0 radical (unpaired) electrons. The van der Waals surface area contributed by atoms with E-state index in [1.807, 2.05) is 23.9 Å². The minimum atomic E-state index is 0.647. The fourth-order valence-electron chi connectivity index (χ4n) is 2.30. The number of rotatable bonds is 5. The highest BCUT2D eigenvalue weighted by molar-refractivity contribution is 5.29. The Morgan fingerprint density at radius 1 is 1.37 bits per heavy atom. The van der Waals surface area contributed by atoms with E-state index in [0.717, 1.165) is 24.7 Å². The molecule has 0 amide bonds. The first-order valence-electron chi connectivity index (χ1n) is 6.88. The van der Waals surface area contributed by atoms with Gasteiger partial charge >= 0.3 is 0 Å². The van der Waals surface area contributed by atoms with Crippen molar-refractivity contribution < 1.29 is 0 Å². The Morgan fingerprint density at radius 3 is 2.95 bits per heavy atom. The van der Waals surface area contributed by atoms with Crippen molar-refractivity contribution >= 4 is 5.95 Å². The Labute approximate surface area is 113 Å². The molecule has 1 fully saturated rings. The van der Waals surface area contributed by atoms with Crippen LogP contribution in [0.15, 0.2) is 24.5 Å². The second-order valence-electron chi connectivity index (χ2n) is 5.08. The molecule has 0 bridgehead atoms. The van der Waals surface area contributed by atoms with E-state index >= 15 is 0 Å². The highest BCUT2D eigenvalue weighted by atomic mass is 15.3. The van der Waals surface area contributed by atoms with Crippen LogP contribution < -0.4 is 5.32 Å². The number of hydrogen-bond donors (Lipinski definition) is 1. The van der Waals surface area contributed by atoms with E-state index in [1.165, 1.54) is 25.0 Å². The van der Waals surface area contributed by atoms with E-state index < -0.39 is 0 Å². The normalized spacial score (nSPS) is 15.2. The maximum Gasteiger partial charge on any atom is 0.223 e. The summed E-state index contributed by atoms with van der Waals surface area (Å²) in [5, 5.41) is 7.45. The fraction of sp³-hybridized carbons (Fsp3) is 0.500. The number of nitrogens with zero attached hydrogens (tertiary/aromatic N) is 4. The number of aryl methyl sites for hydroxylation is 1. The van der Waals surface area contributed by atoms with Crippen molar-refractivity contribution in [1.29, 1.82) is 0 Å². The number of nitrogens with one attached hydrogen (secondary N) is 1. The first-order chi connectivity index (χ1) is 9.31. The minimum Gasteiger partial charge on any atom is -0.352 e. The van der Waals surface area contributed by atoms with Crippen LogP contribution in [0.2, 0.25) is 0 Å². The summed E-state index contributed by atoms with van der Waals surface area (Å²) in [5.41, 5.74) is 2.24. The second kappa shape index (κ2) is 5.38. The molecule has 0 unspecified atom stereocenters. The maximum absolute atomic E-state index is 4.62. The van der Waals surface area contributed by atoms with Crippen LogP contribution in [0, 0.1) is 6.92 Å². The molecule has 0 atom stereocenters. The summed E-state index contributed by atoms with van der Waals surface area (Å²) in [5.74, 6) is 1.39. The van der Waals surface area contributed by atoms with Crippen molar-refractivity contribution in [2.75, 3.05) is 11.9 Å². The summed E-state index contributed by atoms with van der Waals surface area (Å²) in [7, 11) is 0. The van der Waals surface area contributed by atoms with Gasteiger partial charge in [-0.2, -0.15) is 5.10 Å². The molecule has 0 saturated heterocycles. The summed E-state index contributed by atoms with van der Waals surface area (Å²) in [6.07, 6.45) is 7.61. The van der Waals surface area contributed by atoms with Crippen molar-refractivity contribution in [3.05, 3.63) is 35.9 Å². The molecule has 3 rings (SSSR count). The van der Waals surface area contributed by atoms with Crippen molar-refractivity contribution in [3.63, 3.8) is 0 Å². The fourth-order valence-corrected chi connectivity index (χ4v) is 2.30. The summed E-state index contributed by atoms with van der Waals surface area (Å²) in [6, 6.07) is 4.04. The number of hydrogen-bond acceptors (Lipinski definition) is 4. The van der Waals surface area contributed by atoms with Crippen LogP contribution in [-0.4, -0.2) is 26.3 Å². The molecule has 19 heavy (non-hydrogen) atoms. The number of anilines is 1. The summed E-state index contributed by atoms with van der Waals surface area (Å²) >= 11 is 0. The van der Waals surface area contributed by atoms with Gasteiger partial charge in [0.2, 0.25) is 5.95 Å². The van der Waals surface area contributed by atoms with Crippen LogP contribution in [0.1, 0.15) is 36.6 Å². The lowest BCUT2D eigenvalue weighted by molar-refractivity contribution is 0.410. The molecule has 2 heterocycles. The van der Waals surface area contributed by atoms with Crippen LogP contribution in [-0.2, 0) is 6.54 Å². The van der Waals surface area contributed by atoms with Gasteiger partial charge in [0.05, 0.1) is 6.54 Å². The third kappa shape index (κ3) is 2.92. The van der Waals surface area contributed by atoms with Crippen molar-refractivity contribution in [2.24, 2.45) is 0 Å². The van der Waals surface area contributed by atoms with Gasteiger partial charge in [0.15, 0.2) is 0 Å². The zero-order valence-electron chi connectivity index (χ0n) is 11.2. The molecule has 1 aliphatic carbocycles. The predicted octanol–water partition coefficient (Wildman–Crippen LogP) is 2.36. The smallest absolute Gasteiger partial charge is 0.223 e. The molecule has 100 valence electrons. The standard InChI is InChI=1S/C14H19N5/c1-11-10-13(12-4-2-5-12)18-14(17-11)15-7-9-19-8-3-6-16-19/h3,6,8,10,12H,2,4-5,7,9H2,1H3,(H,15,17,18). The molecular weight excluding hydrogens is 238 g/mol. The first kappa shape index (κ1) is 12.1. The zero-order chi connectivity index (χ0) is 13.1. The molecule has 1 N–H and O–H groups in total. The predicted molar refractivity (Wildman–Crippen MR) is 74.1 cm³/mol. The third-order valence-electron chi connectivity index (χ3n) is 3.58. The van der Waals surface area contributed by atoms with Gasteiger partial charge in [-0.3, -0.25) is 4.68 Å². The van der Waals surface area contributed by atoms with Crippen LogP contribution in [0.25, 0.3) is 0 Å². The molecule has 0 spiro atoms. The molecule has 5 nitrogen and oxygen atoms in total. The molecule has 1 aliphatic rings. The average Bonchev–Trinajstić information content (AvgIpc) is 2.79. The van der Waals surface area contributed by atoms with Crippen molar-refractivity contribution in [1.82, 2.24) is 19.7 Å². The van der Waals surface area contributed by atoms with Gasteiger partial charge in [0.25, 0.3) is 0 Å². The van der Waals surface area contributed by atoms with Gasteiger partial charge in [0.1, 0.15) is 0 Å². The Balaban J connectivity index is 1.61. The highest BCUT2D eigenvalue weighted by Crippen LogP contribution is 2.35. The van der Waals surface area contributed by atoms with Gasteiger partial charge < -0.3 is 5.32 Å². The third-order valence-corrected chi connectivity index (χ3v) is 3.58. The second-order valence-corrected chi connectivity index (χ2v) is 5.08. The molecule has 5 heteroatoms. The maximum atomic E-state index is 4.62. The lowest BCUT2D eigenvalue weighted by Crippen LogP contribution is -2.16. The lowest BCUT2D eigenvalue weighted by atomic mass is 9.83. The Morgan fingerprint density at radius 2 is 2.26 bits per heavy atom. The summed E-state index contributed by atoms with van der Waals surface area (Å²) in [4.78, 5) is 9.06. The molecule has 2 aromatic heterocycles. The Hall–Kier alpha value is -1.91. The monoisotopic (exact) mass is 257 g/mol. The first-order valence-corrected chi connectivity index (χ1v) is 6.88. The van der Waals surface area contributed by atoms with Crippen molar-refractivity contribution in [2.45, 2.75) is 38.6 Å². The Kier molecular flexibility index (Phi) is 3.44. The van der Waals surface area contributed by atoms with Gasteiger partial charge in [-0.15, -0.1) is 0 Å². The van der Waals surface area contributed by atoms with Crippen LogP contribution >= 0.6 is 0 Å². The van der Waals surface area contributed by atoms with E-state index in [-0.39, 0.29) is 0 Å². The van der Waals surface area contributed by atoms with E-state index in [9.17, 15) is 0 Å². The summed E-state index contributed by atoms with van der Waals surface area (Å²) < 4.78 is 1.90. The topological polar surface area (TPSA) is 55.6 Å².